The number of hydrogen-bond acceptors (Lipinski definition) is 13. The first-order valence-corrected chi connectivity index (χ1v) is 15.1. The lowest BCUT2D eigenvalue weighted by molar-refractivity contribution is -0.179. The molecular formula is C31H38N2O13. The van der Waals surface area contributed by atoms with Gasteiger partial charge >= 0.3 is 23.9 Å². The van der Waals surface area contributed by atoms with Crippen LogP contribution in [0, 0.1) is 0 Å². The summed E-state index contributed by atoms with van der Waals surface area (Å²) in [5.41, 5.74) is 0.0276. The van der Waals surface area contributed by atoms with Gasteiger partial charge in [-0.05, 0) is 51.9 Å². The van der Waals surface area contributed by atoms with Crippen molar-refractivity contribution in [1.82, 2.24) is 10.2 Å². The molecule has 0 unspecified atom stereocenters. The third kappa shape index (κ3) is 5.61. The van der Waals surface area contributed by atoms with Crippen LogP contribution in [0.1, 0.15) is 56.2 Å². The number of likely N-dealkylation sites (tertiary alicyclic amines) is 1. The fraction of sp³-hybridized carbons (Fsp3) is 0.581. The second kappa shape index (κ2) is 12.6. The van der Waals surface area contributed by atoms with Gasteiger partial charge < -0.3 is 49.6 Å². The summed E-state index contributed by atoms with van der Waals surface area (Å²) < 4.78 is 22.2. The number of piperidine rings is 1. The van der Waals surface area contributed by atoms with Gasteiger partial charge in [-0.15, -0.1) is 0 Å². The van der Waals surface area contributed by atoms with Crippen molar-refractivity contribution < 1.29 is 63.3 Å². The highest BCUT2D eigenvalue weighted by atomic mass is 16.6. The van der Waals surface area contributed by atoms with Crippen molar-refractivity contribution in [3.8, 4) is 5.75 Å². The molecule has 15 heteroatoms. The van der Waals surface area contributed by atoms with Crippen molar-refractivity contribution in [1.29, 1.82) is 0 Å². The molecule has 2 aliphatic carbocycles. The van der Waals surface area contributed by atoms with Crippen LogP contribution in [0.5, 0.6) is 5.75 Å². The Balaban J connectivity index is 1.36. The second-order valence-electron chi connectivity index (χ2n) is 12.2. The molecule has 1 amide bonds. The van der Waals surface area contributed by atoms with Crippen molar-refractivity contribution in [2.75, 3.05) is 20.1 Å². The summed E-state index contributed by atoms with van der Waals surface area (Å²) in [7, 11) is 1.94. The molecule has 0 radical (unpaired) electrons. The van der Waals surface area contributed by atoms with Gasteiger partial charge in [0.2, 0.25) is 12.0 Å². The lowest BCUT2D eigenvalue weighted by Gasteiger charge is -2.61. The van der Waals surface area contributed by atoms with E-state index >= 15 is 0 Å². The highest BCUT2D eigenvalue weighted by Crippen LogP contribution is 2.64. The van der Waals surface area contributed by atoms with Gasteiger partial charge in [-0.2, -0.15) is 0 Å². The molecular weight excluding hydrogens is 608 g/mol. The Hall–Kier alpha value is -4.05. The molecule has 2 bridgehead atoms. The number of nitrogens with one attached hydrogen (secondary N) is 1. The van der Waals surface area contributed by atoms with Gasteiger partial charge in [0.15, 0.2) is 12.2 Å². The number of ether oxygens (including phenoxy) is 4. The summed E-state index contributed by atoms with van der Waals surface area (Å²) in [5, 5.41) is 43.1. The minimum absolute atomic E-state index is 0.0871. The van der Waals surface area contributed by atoms with Crippen LogP contribution < -0.4 is 10.1 Å². The van der Waals surface area contributed by atoms with E-state index < -0.39 is 78.1 Å². The highest BCUT2D eigenvalue weighted by molar-refractivity contribution is 5.87. The topological polar surface area (TPSA) is 218 Å². The van der Waals surface area contributed by atoms with E-state index in [1.54, 1.807) is 12.1 Å². The molecule has 46 heavy (non-hydrogen) atoms. The van der Waals surface area contributed by atoms with E-state index in [9.17, 15) is 39.3 Å². The summed E-state index contributed by atoms with van der Waals surface area (Å²) in [6.45, 7) is 2.39. The number of nitrogens with zero attached hydrogens (tertiary/aromatic N) is 1. The molecule has 2 aliphatic heterocycles. The third-order valence-electron chi connectivity index (χ3n) is 9.39. The number of hydrogen-bond donors (Lipinski definition) is 5. The van der Waals surface area contributed by atoms with Gasteiger partial charge in [0.1, 0.15) is 17.6 Å². The van der Waals surface area contributed by atoms with E-state index in [0.29, 0.717) is 30.7 Å². The Labute approximate surface area is 264 Å². The molecule has 250 valence electrons. The van der Waals surface area contributed by atoms with Crippen LogP contribution in [0.25, 0.3) is 0 Å². The number of carbonyl (C=O) groups excluding carboxylic acids is 4. The maximum atomic E-state index is 13.3. The average Bonchev–Trinajstić information content (AvgIpc) is 3.35. The Morgan fingerprint density at radius 3 is 2.57 bits per heavy atom. The van der Waals surface area contributed by atoms with Crippen LogP contribution in [0.4, 0.5) is 0 Å². The number of likely N-dealkylation sites (N-methyl/N-ethyl adjacent to an activating group) is 1. The van der Waals surface area contributed by atoms with Gasteiger partial charge in [-0.1, -0.05) is 12.1 Å². The number of aliphatic hydroxyl groups excluding tert-OH is 2. The molecule has 1 saturated heterocycles. The number of rotatable bonds is 12. The number of esters is 3. The van der Waals surface area contributed by atoms with E-state index in [2.05, 4.69) is 10.2 Å². The molecule has 5 rings (SSSR count). The Kier molecular flexibility index (Phi) is 9.14. The van der Waals surface area contributed by atoms with Gasteiger partial charge in [-0.25, -0.2) is 9.59 Å². The molecule has 5 N–H and O–H groups in total. The summed E-state index contributed by atoms with van der Waals surface area (Å²) in [6.07, 6.45) is -4.30. The predicted octanol–water partition coefficient (Wildman–Crippen LogP) is -0.795. The van der Waals surface area contributed by atoms with Crippen molar-refractivity contribution in [3.63, 3.8) is 0 Å². The van der Waals surface area contributed by atoms with E-state index in [1.807, 2.05) is 13.1 Å². The monoisotopic (exact) mass is 646 g/mol. The van der Waals surface area contributed by atoms with Crippen molar-refractivity contribution in [2.24, 2.45) is 0 Å². The van der Waals surface area contributed by atoms with Crippen LogP contribution in [0.2, 0.25) is 0 Å². The number of aliphatic hydroxyl groups is 3. The molecule has 0 aromatic heterocycles. The zero-order chi connectivity index (χ0) is 33.6. The summed E-state index contributed by atoms with van der Waals surface area (Å²) in [4.78, 5) is 63.6. The van der Waals surface area contributed by atoms with Crippen molar-refractivity contribution >= 4 is 29.8 Å². The first-order valence-electron chi connectivity index (χ1n) is 15.1. The van der Waals surface area contributed by atoms with E-state index in [-0.39, 0.29) is 31.4 Å². The summed E-state index contributed by atoms with van der Waals surface area (Å²) >= 11 is 0. The van der Waals surface area contributed by atoms with E-state index in [1.165, 1.54) is 6.92 Å². The van der Waals surface area contributed by atoms with Gasteiger partial charge in [0.05, 0.1) is 30.5 Å². The normalized spacial score (nSPS) is 27.6. The lowest BCUT2D eigenvalue weighted by atomic mass is 9.50. The first kappa shape index (κ1) is 33.3. The number of benzene rings is 1. The number of carbonyl (C=O) groups is 5. The van der Waals surface area contributed by atoms with Crippen molar-refractivity contribution in [2.45, 2.75) is 94.0 Å². The van der Waals surface area contributed by atoms with E-state index in [4.69, 9.17) is 24.1 Å². The zero-order valence-electron chi connectivity index (χ0n) is 25.7. The van der Waals surface area contributed by atoms with Crippen LogP contribution in [-0.4, -0.2) is 111 Å². The van der Waals surface area contributed by atoms with Crippen molar-refractivity contribution in [3.05, 3.63) is 40.7 Å². The maximum absolute atomic E-state index is 13.3. The van der Waals surface area contributed by atoms with Gasteiger partial charge in [0, 0.05) is 30.1 Å². The number of amides is 1. The largest absolute Gasteiger partial charge is 0.481 e. The molecule has 15 nitrogen and oxygen atoms in total. The summed E-state index contributed by atoms with van der Waals surface area (Å²) in [6, 6.07) is 3.45. The SMILES string of the molecule is C[C@H](O)C(=O)NCCC(=O)O[C@@H](CC(=O)OC1=CC[C@@]2(O)[C@H]3Cc4ccc(CO)c5c4[C@@]2(CCN3C)[C@H]1O5)C(=O)O[C@@H](C)C(=O)O. The average molecular weight is 647 g/mol. The van der Waals surface area contributed by atoms with E-state index in [0.717, 1.165) is 18.1 Å². The van der Waals surface area contributed by atoms with Crippen LogP contribution in [0.15, 0.2) is 24.0 Å². The lowest BCUT2D eigenvalue weighted by Crippen LogP contribution is -2.74. The fourth-order valence-electron chi connectivity index (χ4n) is 7.08. The molecule has 1 fully saturated rings. The zero-order valence-corrected chi connectivity index (χ0v) is 25.7. The van der Waals surface area contributed by atoms with Gasteiger partial charge in [-0.3, -0.25) is 14.4 Å². The van der Waals surface area contributed by atoms with Crippen LogP contribution in [0.3, 0.4) is 0 Å². The number of aliphatic carboxylic acids is 1. The maximum Gasteiger partial charge on any atom is 0.348 e. The first-order chi connectivity index (χ1) is 21.7. The second-order valence-corrected chi connectivity index (χ2v) is 12.2. The number of carboxylic acid groups (broad SMARTS) is 1. The molecule has 1 spiro atoms. The fourth-order valence-corrected chi connectivity index (χ4v) is 7.08. The molecule has 7 atom stereocenters. The molecule has 1 aromatic rings. The molecule has 4 aliphatic rings. The number of carboxylic acids is 1. The minimum atomic E-state index is -1.88. The standard InChI is InChI=1S/C31H38N2O13/c1-15(35)27(38)32-10-7-22(36)45-20(29(41)43-16(2)28(39)40)13-23(37)44-19-6-8-31(42)21-12-17-4-5-18(14-34)25-24(17)30(31,26(19)46-25)9-11-33(21)3/h4-6,15-16,20-21,26,34-35,42H,7-14H2,1-3H3,(H,32,38)(H,39,40)/t15-,16-,20-,21+,26-,30-,31+/m0/s1. The molecule has 0 saturated carbocycles. The Morgan fingerprint density at radius 2 is 1.89 bits per heavy atom. The molecule has 1 aromatic carbocycles. The predicted molar refractivity (Wildman–Crippen MR) is 154 cm³/mol. The van der Waals surface area contributed by atoms with Crippen LogP contribution >= 0.6 is 0 Å². The molecule has 2 heterocycles. The quantitative estimate of drug-likeness (QED) is 0.139. The highest BCUT2D eigenvalue weighted by Gasteiger charge is 2.71. The summed E-state index contributed by atoms with van der Waals surface area (Å²) in [5.74, 6) is -5.01. The van der Waals surface area contributed by atoms with Crippen LogP contribution in [-0.2, 0) is 56.6 Å². The minimum Gasteiger partial charge on any atom is -0.481 e. The Morgan fingerprint density at radius 1 is 1.15 bits per heavy atom. The van der Waals surface area contributed by atoms with Gasteiger partial charge in [0.25, 0.3) is 0 Å². The smallest absolute Gasteiger partial charge is 0.348 e. The third-order valence-corrected chi connectivity index (χ3v) is 9.39. The Bertz CT molecular complexity index is 1470.